The van der Waals surface area contributed by atoms with Crippen LogP contribution < -0.4 is 5.32 Å². The van der Waals surface area contributed by atoms with E-state index in [1.807, 2.05) is 12.1 Å². The van der Waals surface area contributed by atoms with Crippen LogP contribution in [0.2, 0.25) is 0 Å². The second-order valence-corrected chi connectivity index (χ2v) is 6.44. The van der Waals surface area contributed by atoms with Crippen molar-refractivity contribution in [1.82, 2.24) is 10.2 Å². The average molecular weight is 278 g/mol. The van der Waals surface area contributed by atoms with E-state index in [4.69, 9.17) is 0 Å². The Bertz CT molecular complexity index is 408. The summed E-state index contributed by atoms with van der Waals surface area (Å²) in [6, 6.07) is 7.26. The van der Waals surface area contributed by atoms with Crippen LogP contribution in [0.5, 0.6) is 0 Å². The smallest absolute Gasteiger partial charge is 0.123 e. The maximum absolute atomic E-state index is 12.9. The molecule has 20 heavy (non-hydrogen) atoms. The number of nitrogens with zero attached hydrogens (tertiary/aromatic N) is 1. The highest BCUT2D eigenvalue weighted by Crippen LogP contribution is 2.33. The van der Waals surface area contributed by atoms with Gasteiger partial charge < -0.3 is 10.2 Å². The summed E-state index contributed by atoms with van der Waals surface area (Å²) < 4.78 is 12.9. The molecule has 0 radical (unpaired) electrons. The van der Waals surface area contributed by atoms with Gasteiger partial charge in [-0.1, -0.05) is 25.0 Å². The Labute approximate surface area is 122 Å². The first-order valence-electron chi connectivity index (χ1n) is 7.67. The molecule has 1 aromatic rings. The maximum Gasteiger partial charge on any atom is 0.123 e. The number of hydrogen-bond donors (Lipinski definition) is 1. The van der Waals surface area contributed by atoms with E-state index in [9.17, 15) is 4.39 Å². The largest absolute Gasteiger partial charge is 0.312 e. The molecule has 112 valence electrons. The maximum atomic E-state index is 12.9. The lowest BCUT2D eigenvalue weighted by atomic mass is 9.95. The molecule has 0 spiro atoms. The van der Waals surface area contributed by atoms with Gasteiger partial charge in [0.05, 0.1) is 0 Å². The van der Waals surface area contributed by atoms with Crippen LogP contribution in [0.3, 0.4) is 0 Å². The van der Waals surface area contributed by atoms with E-state index < -0.39 is 0 Å². The molecule has 1 unspecified atom stereocenters. The zero-order chi connectivity index (χ0) is 14.6. The molecule has 0 saturated heterocycles. The van der Waals surface area contributed by atoms with Crippen molar-refractivity contribution < 1.29 is 4.39 Å². The molecule has 0 amide bonds. The Morgan fingerprint density at radius 1 is 1.20 bits per heavy atom. The van der Waals surface area contributed by atoms with Crippen molar-refractivity contribution >= 4 is 0 Å². The summed E-state index contributed by atoms with van der Waals surface area (Å²) in [5.41, 5.74) is 1.52. The number of nitrogens with one attached hydrogen (secondary N) is 1. The summed E-state index contributed by atoms with van der Waals surface area (Å²) in [6.45, 7) is 3.25. The monoisotopic (exact) mass is 278 g/mol. The van der Waals surface area contributed by atoms with E-state index in [0.717, 1.165) is 13.0 Å². The quantitative estimate of drug-likeness (QED) is 0.859. The van der Waals surface area contributed by atoms with E-state index in [1.165, 1.54) is 31.2 Å². The van der Waals surface area contributed by atoms with Crippen molar-refractivity contribution in [3.63, 3.8) is 0 Å². The standard InChI is InChI=1S/C17H27FN2/c1-14(12-15-6-8-16(18)9-7-15)19-13-17(20(2)3)10-4-5-11-17/h6-9,14,19H,4-5,10-13H2,1-3H3. The van der Waals surface area contributed by atoms with Gasteiger partial charge in [0.1, 0.15) is 5.82 Å². The first-order valence-corrected chi connectivity index (χ1v) is 7.67. The lowest BCUT2D eigenvalue weighted by Gasteiger charge is -2.37. The molecule has 0 heterocycles. The van der Waals surface area contributed by atoms with Crippen molar-refractivity contribution in [1.29, 1.82) is 0 Å². The summed E-state index contributed by atoms with van der Waals surface area (Å²) in [5, 5.41) is 3.67. The topological polar surface area (TPSA) is 15.3 Å². The zero-order valence-corrected chi connectivity index (χ0v) is 13.0. The summed E-state index contributed by atoms with van der Waals surface area (Å²) in [4.78, 5) is 2.39. The minimum atomic E-state index is -0.160. The molecule has 0 aromatic heterocycles. The number of benzene rings is 1. The fourth-order valence-electron chi connectivity index (χ4n) is 3.23. The van der Waals surface area contributed by atoms with Gasteiger partial charge in [0.15, 0.2) is 0 Å². The Morgan fingerprint density at radius 3 is 2.35 bits per heavy atom. The summed E-state index contributed by atoms with van der Waals surface area (Å²) >= 11 is 0. The van der Waals surface area contributed by atoms with Gasteiger partial charge in [-0.25, -0.2) is 4.39 Å². The number of halogens is 1. The molecular weight excluding hydrogens is 251 g/mol. The van der Waals surface area contributed by atoms with Crippen molar-refractivity contribution in [2.75, 3.05) is 20.6 Å². The number of likely N-dealkylation sites (N-methyl/N-ethyl adjacent to an activating group) is 1. The fourth-order valence-corrected chi connectivity index (χ4v) is 3.23. The number of hydrogen-bond acceptors (Lipinski definition) is 2. The third-order valence-electron chi connectivity index (χ3n) is 4.72. The average Bonchev–Trinajstić information content (AvgIpc) is 2.89. The molecule has 1 saturated carbocycles. The molecule has 1 aliphatic rings. The van der Waals surface area contributed by atoms with Crippen LogP contribution in [0, 0.1) is 5.82 Å². The molecule has 1 aromatic carbocycles. The Balaban J connectivity index is 1.85. The highest BCUT2D eigenvalue weighted by atomic mass is 19.1. The Kier molecular flexibility index (Phi) is 5.17. The van der Waals surface area contributed by atoms with Gasteiger partial charge >= 0.3 is 0 Å². The van der Waals surface area contributed by atoms with Crippen LogP contribution in [-0.2, 0) is 6.42 Å². The predicted molar refractivity (Wildman–Crippen MR) is 82.5 cm³/mol. The van der Waals surface area contributed by atoms with Gasteiger partial charge in [0.25, 0.3) is 0 Å². The summed E-state index contributed by atoms with van der Waals surface area (Å²) in [5.74, 6) is -0.160. The minimum absolute atomic E-state index is 0.160. The molecular formula is C17H27FN2. The molecule has 1 atom stereocenters. The van der Waals surface area contributed by atoms with Crippen LogP contribution in [0.1, 0.15) is 38.2 Å². The van der Waals surface area contributed by atoms with E-state index in [2.05, 4.69) is 31.2 Å². The van der Waals surface area contributed by atoms with Crippen LogP contribution in [-0.4, -0.2) is 37.1 Å². The number of rotatable bonds is 6. The van der Waals surface area contributed by atoms with Crippen molar-refractivity contribution in [2.24, 2.45) is 0 Å². The van der Waals surface area contributed by atoms with Crippen molar-refractivity contribution in [3.05, 3.63) is 35.6 Å². The normalized spacial score (nSPS) is 19.4. The van der Waals surface area contributed by atoms with Crippen LogP contribution >= 0.6 is 0 Å². The van der Waals surface area contributed by atoms with Crippen molar-refractivity contribution in [3.8, 4) is 0 Å². The molecule has 1 aliphatic carbocycles. The second-order valence-electron chi connectivity index (χ2n) is 6.44. The van der Waals surface area contributed by atoms with Gasteiger partial charge in [-0.2, -0.15) is 0 Å². The lowest BCUT2D eigenvalue weighted by molar-refractivity contribution is 0.150. The van der Waals surface area contributed by atoms with Gasteiger partial charge in [0.2, 0.25) is 0 Å². The highest BCUT2D eigenvalue weighted by molar-refractivity contribution is 5.17. The lowest BCUT2D eigenvalue weighted by Crippen LogP contribution is -2.51. The Morgan fingerprint density at radius 2 is 1.80 bits per heavy atom. The van der Waals surface area contributed by atoms with Crippen LogP contribution in [0.4, 0.5) is 4.39 Å². The summed E-state index contributed by atoms with van der Waals surface area (Å²) in [7, 11) is 4.38. The van der Waals surface area contributed by atoms with E-state index in [-0.39, 0.29) is 5.82 Å². The SMILES string of the molecule is CC(Cc1ccc(F)cc1)NCC1(N(C)C)CCCC1. The van der Waals surface area contributed by atoms with Crippen LogP contribution in [0.25, 0.3) is 0 Å². The molecule has 1 fully saturated rings. The first kappa shape index (κ1) is 15.5. The van der Waals surface area contributed by atoms with Gasteiger partial charge in [-0.15, -0.1) is 0 Å². The van der Waals surface area contributed by atoms with Crippen molar-refractivity contribution in [2.45, 2.75) is 50.6 Å². The first-order chi connectivity index (χ1) is 9.52. The molecule has 2 nitrogen and oxygen atoms in total. The third kappa shape index (κ3) is 3.80. The second kappa shape index (κ2) is 6.68. The third-order valence-corrected chi connectivity index (χ3v) is 4.72. The van der Waals surface area contributed by atoms with E-state index >= 15 is 0 Å². The van der Waals surface area contributed by atoms with Crippen LogP contribution in [0.15, 0.2) is 24.3 Å². The Hall–Kier alpha value is -0.930. The van der Waals surface area contributed by atoms with Gasteiger partial charge in [-0.3, -0.25) is 0 Å². The fraction of sp³-hybridized carbons (Fsp3) is 0.647. The highest BCUT2D eigenvalue weighted by Gasteiger charge is 2.35. The van der Waals surface area contributed by atoms with E-state index in [1.54, 1.807) is 12.1 Å². The molecule has 3 heteroatoms. The molecule has 2 rings (SSSR count). The van der Waals surface area contributed by atoms with E-state index in [0.29, 0.717) is 11.6 Å². The molecule has 0 bridgehead atoms. The minimum Gasteiger partial charge on any atom is -0.312 e. The van der Waals surface area contributed by atoms with Gasteiger partial charge in [-0.05, 0) is 58.0 Å². The van der Waals surface area contributed by atoms with Gasteiger partial charge in [0, 0.05) is 18.1 Å². The molecule has 0 aliphatic heterocycles. The zero-order valence-electron chi connectivity index (χ0n) is 13.0. The summed E-state index contributed by atoms with van der Waals surface area (Å²) in [6.07, 6.45) is 6.20. The molecule has 1 N–H and O–H groups in total. The predicted octanol–water partition coefficient (Wildman–Crippen LogP) is 3.22.